The number of nitrogens with two attached hydrogens (primary N) is 1. The first-order valence-corrected chi connectivity index (χ1v) is 2.26. The molecule has 0 radical (unpaired) electrons. The second-order valence-electron chi connectivity index (χ2n) is 0.224. The van der Waals surface area contributed by atoms with Crippen LogP contribution in [0.4, 0.5) is 0 Å². The summed E-state index contributed by atoms with van der Waals surface area (Å²) in [7, 11) is 0. The molecule has 0 amide bonds. The van der Waals surface area contributed by atoms with Crippen molar-refractivity contribution in [3.05, 3.63) is 6.15 Å². The molecule has 0 bridgehead atoms. The van der Waals surface area contributed by atoms with Crippen molar-refractivity contribution < 1.29 is 56.3 Å². The van der Waals surface area contributed by atoms with E-state index in [0.29, 0.717) is 0 Å². The topological polar surface area (TPSA) is 90.7 Å². The van der Waals surface area contributed by atoms with E-state index in [2.05, 4.69) is 0 Å². The Morgan fingerprint density at radius 3 is 1.33 bits per heavy atom. The Kier molecular flexibility index (Phi) is 24.7. The molecule has 0 aromatic heterocycles. The van der Waals surface area contributed by atoms with Gasteiger partial charge in [0.25, 0.3) is 0 Å². The van der Waals surface area contributed by atoms with Gasteiger partial charge in [-0.2, -0.15) is 0 Å². The molecule has 0 saturated heterocycles. The van der Waals surface area contributed by atoms with Crippen molar-refractivity contribution in [1.82, 2.24) is 0 Å². The zero-order valence-corrected chi connectivity index (χ0v) is 6.65. The molecule has 0 rings (SSSR count). The summed E-state index contributed by atoms with van der Waals surface area (Å²) in [5, 5.41) is 0. The average molecular weight is 138 g/mol. The molecule has 0 unspecified atom stereocenters. The Hall–Kier alpha value is 1.10. The average Bonchev–Trinajstić information content (AvgIpc) is 0.811. The molecule has 0 saturated carbocycles. The van der Waals surface area contributed by atoms with E-state index in [-0.39, 0.29) is 35.7 Å². The van der Waals surface area contributed by atoms with Gasteiger partial charge in [-0.1, -0.05) is 0 Å². The van der Waals surface area contributed by atoms with Gasteiger partial charge in [-0.3, -0.25) is 0 Å². The van der Waals surface area contributed by atoms with E-state index in [0.717, 1.165) is 0 Å². The number of rotatable bonds is 0. The van der Waals surface area contributed by atoms with Crippen LogP contribution in [0.1, 0.15) is 0 Å². The molecule has 0 atom stereocenters. The van der Waals surface area contributed by atoms with Crippen LogP contribution in [0.25, 0.3) is 6.15 Å². The molecule has 0 aliphatic heterocycles. The fraction of sp³-hybridized carbons (Fsp3) is 0. The van der Waals surface area contributed by atoms with Crippen LogP contribution >= 0.6 is 0 Å². The van der Waals surface area contributed by atoms with Crippen molar-refractivity contribution in [2.75, 3.05) is 0 Å². The molecule has 0 aromatic rings. The molecule has 4 nitrogen and oxygen atoms in total. The molecule has 6 heavy (non-hydrogen) atoms. The third kappa shape index (κ3) is 70.5. The molecule has 0 fully saturated rings. The maximum atomic E-state index is 8.56. The number of hydrogen-bond acceptors (Lipinski definition) is 3. The van der Waals surface area contributed by atoms with Crippen molar-refractivity contribution in [3.63, 3.8) is 0 Å². The van der Waals surface area contributed by atoms with E-state index in [1.165, 1.54) is 0 Å². The predicted octanol–water partition coefficient (Wildman–Crippen LogP) is -3.71. The minimum atomic E-state index is -3.94. The van der Waals surface area contributed by atoms with Crippen LogP contribution in [0.2, 0.25) is 0 Å². The van der Waals surface area contributed by atoms with Gasteiger partial charge in [0.05, 0.1) is 0 Å². The summed E-state index contributed by atoms with van der Waals surface area (Å²) in [5.41, 5.74) is 0. The van der Waals surface area contributed by atoms with Gasteiger partial charge in [-0.25, -0.2) is 0 Å². The Bertz CT molecular complexity index is 59.2. The minimum absolute atomic E-state index is 0. The molecule has 0 spiro atoms. The van der Waals surface area contributed by atoms with Crippen LogP contribution in [0.5, 0.6) is 0 Å². The van der Waals surface area contributed by atoms with Crippen LogP contribution in [0.15, 0.2) is 0 Å². The summed E-state index contributed by atoms with van der Waals surface area (Å²) >= 11 is -3.94. The van der Waals surface area contributed by atoms with E-state index < -0.39 is 15.4 Å². The van der Waals surface area contributed by atoms with E-state index in [1.54, 1.807) is 0 Å². The van der Waals surface area contributed by atoms with Gasteiger partial charge in [0.2, 0.25) is 0 Å². The van der Waals surface area contributed by atoms with Gasteiger partial charge in [-0.15, -0.1) is 0 Å². The number of hydrogen-bond donors (Lipinski definition) is 0. The van der Waals surface area contributed by atoms with Crippen LogP contribution in [-0.2, 0) is 22.7 Å². The Morgan fingerprint density at radius 1 is 1.33 bits per heavy atom. The van der Waals surface area contributed by atoms with Gasteiger partial charge < -0.3 is 6.15 Å². The SMILES string of the molecule is [NH2-].[Na+].[O]=[V](=[O])[O-]. The zero-order chi connectivity index (χ0) is 3.58. The monoisotopic (exact) mass is 138 g/mol. The molecule has 0 aliphatic carbocycles. The van der Waals surface area contributed by atoms with Crippen molar-refractivity contribution in [2.24, 2.45) is 0 Å². The van der Waals surface area contributed by atoms with Gasteiger partial charge in [0, 0.05) is 0 Å². The van der Waals surface area contributed by atoms with Gasteiger partial charge in [0.1, 0.15) is 0 Å². The van der Waals surface area contributed by atoms with Crippen LogP contribution in [0, 0.1) is 0 Å². The van der Waals surface area contributed by atoms with Crippen LogP contribution in [-0.4, -0.2) is 0 Å². The fourth-order valence-corrected chi connectivity index (χ4v) is 0. The standard InChI is InChI=1S/H2N.Na.3O.V/h1H2;;;;;/q-1;+1;;;-1;. The van der Waals surface area contributed by atoms with Gasteiger partial charge in [-0.05, 0) is 0 Å². The summed E-state index contributed by atoms with van der Waals surface area (Å²) < 4.78 is 25.7. The maximum absolute atomic E-state index is 8.56. The summed E-state index contributed by atoms with van der Waals surface area (Å²) in [4.78, 5) is 0. The molecular formula is H2NNaO3V-. The first-order chi connectivity index (χ1) is 1.73. The van der Waals surface area contributed by atoms with E-state index in [4.69, 9.17) is 11.4 Å². The Labute approximate surface area is 62.2 Å². The molecule has 0 aromatic carbocycles. The molecule has 0 aliphatic rings. The van der Waals surface area contributed by atoms with E-state index in [1.807, 2.05) is 0 Å². The summed E-state index contributed by atoms with van der Waals surface area (Å²) in [5.74, 6) is 0. The van der Waals surface area contributed by atoms with Gasteiger partial charge in [0.15, 0.2) is 0 Å². The first kappa shape index (κ1) is 15.7. The third-order valence-corrected chi connectivity index (χ3v) is 0. The van der Waals surface area contributed by atoms with Crippen molar-refractivity contribution in [1.29, 1.82) is 0 Å². The summed E-state index contributed by atoms with van der Waals surface area (Å²) in [6.07, 6.45) is 0. The Morgan fingerprint density at radius 2 is 1.33 bits per heavy atom. The van der Waals surface area contributed by atoms with Crippen molar-refractivity contribution in [3.8, 4) is 0 Å². The molecule has 2 N–H and O–H groups in total. The fourth-order valence-electron chi connectivity index (χ4n) is 0. The molecule has 6 heteroatoms. The molecule has 32 valence electrons. The predicted molar refractivity (Wildman–Crippen MR) is 6.66 cm³/mol. The van der Waals surface area contributed by atoms with E-state index >= 15 is 0 Å². The summed E-state index contributed by atoms with van der Waals surface area (Å²) in [6, 6.07) is 0. The third-order valence-electron chi connectivity index (χ3n) is 0. The summed E-state index contributed by atoms with van der Waals surface area (Å²) in [6.45, 7) is 0. The van der Waals surface area contributed by atoms with Crippen molar-refractivity contribution in [2.45, 2.75) is 0 Å². The Balaban J connectivity index is -0.0000000450. The van der Waals surface area contributed by atoms with E-state index in [9.17, 15) is 0 Å². The quantitative estimate of drug-likeness (QED) is 0.322. The molecular weight excluding hydrogens is 136 g/mol. The second kappa shape index (κ2) is 9.44. The normalized spacial score (nSPS) is 4.17. The molecule has 0 heterocycles. The van der Waals surface area contributed by atoms with Crippen LogP contribution < -0.4 is 33.6 Å². The van der Waals surface area contributed by atoms with Crippen molar-refractivity contribution >= 4 is 0 Å². The van der Waals surface area contributed by atoms with Crippen LogP contribution in [0.3, 0.4) is 0 Å². The zero-order valence-electron chi connectivity index (χ0n) is 3.25. The van der Waals surface area contributed by atoms with Gasteiger partial charge >= 0.3 is 56.3 Å². The second-order valence-corrected chi connectivity index (χ2v) is 0.922. The first-order valence-electron chi connectivity index (χ1n) is 0.548.